The van der Waals surface area contributed by atoms with Crippen molar-refractivity contribution >= 4 is 11.7 Å². The molecule has 25 heavy (non-hydrogen) atoms. The van der Waals surface area contributed by atoms with E-state index in [9.17, 15) is 13.6 Å². The van der Waals surface area contributed by atoms with Gasteiger partial charge in [0.15, 0.2) is 0 Å². The first-order valence-corrected chi connectivity index (χ1v) is 7.96. The van der Waals surface area contributed by atoms with Gasteiger partial charge in [0, 0.05) is 36.1 Å². The van der Waals surface area contributed by atoms with Gasteiger partial charge < -0.3 is 4.90 Å². The minimum absolute atomic E-state index is 0.0243. The third-order valence-electron chi connectivity index (χ3n) is 4.23. The van der Waals surface area contributed by atoms with Crippen molar-refractivity contribution in [3.63, 3.8) is 0 Å². The second kappa shape index (κ2) is 5.87. The van der Waals surface area contributed by atoms with Crippen molar-refractivity contribution < 1.29 is 13.6 Å². The van der Waals surface area contributed by atoms with Crippen LogP contribution in [0.3, 0.4) is 0 Å². The molecule has 0 saturated heterocycles. The van der Waals surface area contributed by atoms with E-state index in [1.807, 2.05) is 6.92 Å². The average molecular weight is 343 g/mol. The first-order chi connectivity index (χ1) is 12.0. The number of halogens is 2. The van der Waals surface area contributed by atoms with Crippen LogP contribution in [0.4, 0.5) is 8.78 Å². The SMILES string of the molecule is Cc1ccnc2nc(C(=O)N(Cc3ccc(F)cc3F)C3CC3)nn12. The molecule has 0 aliphatic heterocycles. The zero-order chi connectivity index (χ0) is 17.6. The van der Waals surface area contributed by atoms with Crippen LogP contribution in [0.15, 0.2) is 30.5 Å². The number of aromatic nitrogens is 4. The second-order valence-electron chi connectivity index (χ2n) is 6.13. The Labute approximate surface area is 142 Å². The Morgan fingerprint density at radius 2 is 2.12 bits per heavy atom. The van der Waals surface area contributed by atoms with Crippen molar-refractivity contribution in [1.29, 1.82) is 0 Å². The third kappa shape index (κ3) is 2.95. The minimum atomic E-state index is -0.668. The standard InChI is InChI=1S/C17H15F2N5O/c1-10-6-7-20-17-21-15(22-24(10)17)16(25)23(13-4-5-13)9-11-2-3-12(18)8-14(11)19/h2-3,6-8,13H,4-5,9H2,1H3. The molecule has 128 valence electrons. The highest BCUT2D eigenvalue weighted by Crippen LogP contribution is 2.30. The molecule has 0 radical (unpaired) electrons. The molecule has 1 aromatic carbocycles. The molecule has 1 aliphatic rings. The van der Waals surface area contributed by atoms with E-state index in [4.69, 9.17) is 0 Å². The molecule has 2 heterocycles. The fraction of sp³-hybridized carbons (Fsp3) is 0.294. The smallest absolute Gasteiger partial charge is 0.294 e. The molecule has 2 aromatic heterocycles. The van der Waals surface area contributed by atoms with Crippen molar-refractivity contribution in [3.05, 3.63) is 59.2 Å². The number of fused-ring (bicyclic) bond motifs is 1. The maximum atomic E-state index is 14.0. The number of carbonyl (C=O) groups excluding carboxylic acids is 1. The Kier molecular flexibility index (Phi) is 3.67. The lowest BCUT2D eigenvalue weighted by molar-refractivity contribution is 0.0716. The summed E-state index contributed by atoms with van der Waals surface area (Å²) in [6.07, 6.45) is 3.29. The van der Waals surface area contributed by atoms with E-state index >= 15 is 0 Å². The van der Waals surface area contributed by atoms with Gasteiger partial charge in [0.2, 0.25) is 5.82 Å². The average Bonchev–Trinajstić information content (AvgIpc) is 3.31. The van der Waals surface area contributed by atoms with Crippen LogP contribution in [0.1, 0.15) is 34.7 Å². The lowest BCUT2D eigenvalue weighted by atomic mass is 10.2. The normalized spacial score (nSPS) is 14.0. The molecule has 3 aromatic rings. The Bertz CT molecular complexity index is 967. The van der Waals surface area contributed by atoms with Crippen molar-refractivity contribution in [1.82, 2.24) is 24.5 Å². The van der Waals surface area contributed by atoms with E-state index < -0.39 is 11.6 Å². The van der Waals surface area contributed by atoms with Crippen LogP contribution in [0.25, 0.3) is 5.78 Å². The fourth-order valence-corrected chi connectivity index (χ4v) is 2.71. The number of carbonyl (C=O) groups is 1. The zero-order valence-corrected chi connectivity index (χ0v) is 13.5. The molecule has 0 N–H and O–H groups in total. The monoisotopic (exact) mass is 343 g/mol. The zero-order valence-electron chi connectivity index (χ0n) is 13.5. The van der Waals surface area contributed by atoms with Crippen LogP contribution in [0.2, 0.25) is 0 Å². The van der Waals surface area contributed by atoms with Crippen molar-refractivity contribution in [3.8, 4) is 0 Å². The summed E-state index contributed by atoms with van der Waals surface area (Å²) in [5.74, 6) is -1.33. The second-order valence-corrected chi connectivity index (χ2v) is 6.13. The predicted octanol–water partition coefficient (Wildman–Crippen LogP) is 2.52. The quantitative estimate of drug-likeness (QED) is 0.730. The van der Waals surface area contributed by atoms with Crippen LogP contribution in [-0.2, 0) is 6.54 Å². The van der Waals surface area contributed by atoms with Crippen LogP contribution < -0.4 is 0 Å². The molecule has 1 amide bonds. The molecule has 0 unspecified atom stereocenters. The van der Waals surface area contributed by atoms with E-state index in [1.165, 1.54) is 16.6 Å². The van der Waals surface area contributed by atoms with E-state index in [0.717, 1.165) is 24.6 Å². The highest BCUT2D eigenvalue weighted by molar-refractivity contribution is 5.91. The Morgan fingerprint density at radius 3 is 2.80 bits per heavy atom. The Hall–Kier alpha value is -2.90. The number of aryl methyl sites for hydroxylation is 1. The summed E-state index contributed by atoms with van der Waals surface area (Å²) in [6, 6.07) is 5.15. The molecule has 1 aliphatic carbocycles. The van der Waals surface area contributed by atoms with Gasteiger partial charge in [-0.3, -0.25) is 4.79 Å². The van der Waals surface area contributed by atoms with E-state index in [0.29, 0.717) is 5.78 Å². The molecule has 1 saturated carbocycles. The van der Waals surface area contributed by atoms with Crippen LogP contribution >= 0.6 is 0 Å². The Balaban J connectivity index is 1.65. The largest absolute Gasteiger partial charge is 0.328 e. The molecule has 0 spiro atoms. The van der Waals surface area contributed by atoms with Gasteiger partial charge in [-0.15, -0.1) is 5.10 Å². The van der Waals surface area contributed by atoms with Gasteiger partial charge in [-0.2, -0.15) is 4.98 Å². The summed E-state index contributed by atoms with van der Waals surface area (Å²) >= 11 is 0. The van der Waals surface area contributed by atoms with E-state index in [1.54, 1.807) is 17.2 Å². The fourth-order valence-electron chi connectivity index (χ4n) is 2.71. The molecule has 0 atom stereocenters. The molecular formula is C17H15F2N5O. The van der Waals surface area contributed by atoms with Gasteiger partial charge >= 0.3 is 0 Å². The highest BCUT2D eigenvalue weighted by Gasteiger charge is 2.35. The van der Waals surface area contributed by atoms with Gasteiger partial charge in [0.1, 0.15) is 11.6 Å². The summed E-state index contributed by atoms with van der Waals surface area (Å²) in [5.41, 5.74) is 1.07. The van der Waals surface area contributed by atoms with Gasteiger partial charge in [-0.05, 0) is 31.9 Å². The van der Waals surface area contributed by atoms with Gasteiger partial charge in [-0.1, -0.05) is 6.07 Å². The lowest BCUT2D eigenvalue weighted by Crippen LogP contribution is -2.33. The highest BCUT2D eigenvalue weighted by atomic mass is 19.1. The molecule has 6 nitrogen and oxygen atoms in total. The number of hydrogen-bond acceptors (Lipinski definition) is 4. The summed E-state index contributed by atoms with van der Waals surface area (Å²) in [5, 5.41) is 4.22. The van der Waals surface area contributed by atoms with Crippen LogP contribution in [0, 0.1) is 18.6 Å². The van der Waals surface area contributed by atoms with E-state index in [2.05, 4.69) is 15.1 Å². The summed E-state index contributed by atoms with van der Waals surface area (Å²) in [6.45, 7) is 1.89. The van der Waals surface area contributed by atoms with Gasteiger partial charge in [0.25, 0.3) is 11.7 Å². The maximum absolute atomic E-state index is 14.0. The van der Waals surface area contributed by atoms with Gasteiger partial charge in [0.05, 0.1) is 0 Å². The van der Waals surface area contributed by atoms with E-state index in [-0.39, 0.29) is 29.9 Å². The predicted molar refractivity (Wildman–Crippen MR) is 84.8 cm³/mol. The molecule has 8 heteroatoms. The number of benzene rings is 1. The maximum Gasteiger partial charge on any atom is 0.294 e. The first kappa shape index (κ1) is 15.6. The van der Waals surface area contributed by atoms with Crippen LogP contribution in [-0.4, -0.2) is 36.4 Å². The number of nitrogens with zero attached hydrogens (tertiary/aromatic N) is 5. The first-order valence-electron chi connectivity index (χ1n) is 7.96. The summed E-state index contributed by atoms with van der Waals surface area (Å²) < 4.78 is 28.5. The Morgan fingerprint density at radius 1 is 1.32 bits per heavy atom. The molecule has 0 bridgehead atoms. The van der Waals surface area contributed by atoms with Crippen LogP contribution in [0.5, 0.6) is 0 Å². The number of amides is 1. The lowest BCUT2D eigenvalue weighted by Gasteiger charge is -2.21. The topological polar surface area (TPSA) is 63.4 Å². The minimum Gasteiger partial charge on any atom is -0.328 e. The summed E-state index contributed by atoms with van der Waals surface area (Å²) in [4.78, 5) is 22.7. The van der Waals surface area contributed by atoms with Crippen molar-refractivity contribution in [2.24, 2.45) is 0 Å². The molecule has 1 fully saturated rings. The van der Waals surface area contributed by atoms with Crippen molar-refractivity contribution in [2.45, 2.75) is 32.4 Å². The third-order valence-corrected chi connectivity index (χ3v) is 4.23. The molecular weight excluding hydrogens is 328 g/mol. The summed E-state index contributed by atoms with van der Waals surface area (Å²) in [7, 11) is 0. The molecule has 4 rings (SSSR count). The number of rotatable bonds is 4. The van der Waals surface area contributed by atoms with Gasteiger partial charge in [-0.25, -0.2) is 18.3 Å². The van der Waals surface area contributed by atoms with Crippen molar-refractivity contribution in [2.75, 3.05) is 0 Å². The number of hydrogen-bond donors (Lipinski definition) is 0.